The molecule has 0 aliphatic rings. The first-order chi connectivity index (χ1) is 7.73. The van der Waals surface area contributed by atoms with Crippen LogP contribution in [0.4, 0.5) is 0 Å². The van der Waals surface area contributed by atoms with E-state index in [2.05, 4.69) is 26.1 Å². The molecule has 0 saturated carbocycles. The van der Waals surface area contributed by atoms with Crippen LogP contribution in [-0.2, 0) is 9.53 Å². The van der Waals surface area contributed by atoms with Crippen molar-refractivity contribution in [1.82, 2.24) is 10.2 Å². The molecule has 0 spiro atoms. The molecule has 4 heteroatoms. The van der Waals surface area contributed by atoms with Crippen LogP contribution in [0.25, 0.3) is 0 Å². The normalized spacial score (nSPS) is 15.5. The summed E-state index contributed by atoms with van der Waals surface area (Å²) >= 11 is 0. The van der Waals surface area contributed by atoms with E-state index in [1.54, 1.807) is 12.0 Å². The van der Waals surface area contributed by atoms with Gasteiger partial charge in [0.15, 0.2) is 0 Å². The molecule has 102 valence electrons. The number of likely N-dealkylation sites (N-methyl/N-ethyl adjacent to an activating group) is 1. The zero-order chi connectivity index (χ0) is 13.6. The van der Waals surface area contributed by atoms with Gasteiger partial charge in [0.25, 0.3) is 0 Å². The molecule has 4 nitrogen and oxygen atoms in total. The van der Waals surface area contributed by atoms with E-state index in [1.165, 1.54) is 0 Å². The van der Waals surface area contributed by atoms with Crippen molar-refractivity contribution in [2.75, 3.05) is 20.7 Å². The topological polar surface area (TPSA) is 41.6 Å². The molecule has 0 rings (SSSR count). The average molecular weight is 244 g/mol. The number of methoxy groups -OCH3 is 1. The van der Waals surface area contributed by atoms with E-state index in [4.69, 9.17) is 4.74 Å². The first-order valence-corrected chi connectivity index (χ1v) is 6.29. The minimum atomic E-state index is -0.161. The summed E-state index contributed by atoms with van der Waals surface area (Å²) in [5.41, 5.74) is -0.161. The van der Waals surface area contributed by atoms with Crippen LogP contribution in [0.5, 0.6) is 0 Å². The summed E-state index contributed by atoms with van der Waals surface area (Å²) in [5.74, 6) is 0.134. The maximum Gasteiger partial charge on any atom is 0.239 e. The standard InChI is InChI=1S/C13H28N2O2/c1-8-15(6)12(16)11(3)14-10(2)9-13(4,5)17-7/h10-11,14H,8-9H2,1-7H3. The second kappa shape index (κ2) is 6.97. The molecule has 0 radical (unpaired) electrons. The first kappa shape index (κ1) is 16.4. The molecule has 0 bridgehead atoms. The van der Waals surface area contributed by atoms with Gasteiger partial charge in [0.05, 0.1) is 11.6 Å². The summed E-state index contributed by atoms with van der Waals surface area (Å²) in [5, 5.41) is 3.31. The smallest absolute Gasteiger partial charge is 0.239 e. The zero-order valence-corrected chi connectivity index (χ0v) is 12.3. The van der Waals surface area contributed by atoms with Gasteiger partial charge in [-0.2, -0.15) is 0 Å². The third-order valence-corrected chi connectivity index (χ3v) is 3.11. The Morgan fingerprint density at radius 3 is 2.35 bits per heavy atom. The summed E-state index contributed by atoms with van der Waals surface area (Å²) in [7, 11) is 3.54. The Labute approximate surface area is 106 Å². The molecule has 0 aliphatic heterocycles. The number of amides is 1. The van der Waals surface area contributed by atoms with E-state index in [0.29, 0.717) is 0 Å². The Kier molecular flexibility index (Phi) is 6.72. The highest BCUT2D eigenvalue weighted by Crippen LogP contribution is 2.15. The van der Waals surface area contributed by atoms with Crippen molar-refractivity contribution >= 4 is 5.91 Å². The SMILES string of the molecule is CCN(C)C(=O)C(C)NC(C)CC(C)(C)OC. The molecular weight excluding hydrogens is 216 g/mol. The lowest BCUT2D eigenvalue weighted by Gasteiger charge is -2.29. The lowest BCUT2D eigenvalue weighted by atomic mass is 9.99. The summed E-state index contributed by atoms with van der Waals surface area (Å²) in [6.45, 7) is 10.8. The number of hydrogen-bond acceptors (Lipinski definition) is 3. The number of hydrogen-bond donors (Lipinski definition) is 1. The fourth-order valence-electron chi connectivity index (χ4n) is 1.86. The molecule has 0 saturated heterocycles. The molecule has 17 heavy (non-hydrogen) atoms. The Balaban J connectivity index is 4.21. The average Bonchev–Trinajstić information content (AvgIpc) is 2.25. The number of carbonyl (C=O) groups excluding carboxylic acids is 1. The second-order valence-corrected chi connectivity index (χ2v) is 5.31. The summed E-state index contributed by atoms with van der Waals surface area (Å²) in [4.78, 5) is 13.6. The van der Waals surface area contributed by atoms with Crippen molar-refractivity contribution in [2.45, 2.75) is 58.7 Å². The van der Waals surface area contributed by atoms with Gasteiger partial charge < -0.3 is 15.0 Å². The van der Waals surface area contributed by atoms with Crippen molar-refractivity contribution in [2.24, 2.45) is 0 Å². The Hall–Kier alpha value is -0.610. The van der Waals surface area contributed by atoms with Gasteiger partial charge >= 0.3 is 0 Å². The minimum Gasteiger partial charge on any atom is -0.379 e. The molecule has 2 atom stereocenters. The van der Waals surface area contributed by atoms with Crippen LogP contribution in [0, 0.1) is 0 Å². The van der Waals surface area contributed by atoms with Crippen LogP contribution < -0.4 is 5.32 Å². The van der Waals surface area contributed by atoms with Gasteiger partial charge in [-0.3, -0.25) is 4.79 Å². The van der Waals surface area contributed by atoms with Gasteiger partial charge in [0.2, 0.25) is 5.91 Å². The van der Waals surface area contributed by atoms with Crippen molar-refractivity contribution in [1.29, 1.82) is 0 Å². The van der Waals surface area contributed by atoms with Gasteiger partial charge in [-0.15, -0.1) is 0 Å². The van der Waals surface area contributed by atoms with Gasteiger partial charge in [-0.25, -0.2) is 0 Å². The van der Waals surface area contributed by atoms with Crippen molar-refractivity contribution in [3.05, 3.63) is 0 Å². The third kappa shape index (κ3) is 6.03. The highest BCUT2D eigenvalue weighted by Gasteiger charge is 2.23. The Morgan fingerprint density at radius 1 is 1.41 bits per heavy atom. The summed E-state index contributed by atoms with van der Waals surface area (Å²) in [6.07, 6.45) is 0.872. The molecule has 0 aliphatic carbocycles. The molecule has 0 heterocycles. The molecular formula is C13H28N2O2. The Morgan fingerprint density at radius 2 is 1.94 bits per heavy atom. The lowest BCUT2D eigenvalue weighted by molar-refractivity contribution is -0.131. The minimum absolute atomic E-state index is 0.134. The predicted molar refractivity (Wildman–Crippen MR) is 71.1 cm³/mol. The number of carbonyl (C=O) groups is 1. The van der Waals surface area contributed by atoms with Crippen LogP contribution in [0.1, 0.15) is 41.0 Å². The first-order valence-electron chi connectivity index (χ1n) is 6.29. The zero-order valence-electron chi connectivity index (χ0n) is 12.3. The quantitative estimate of drug-likeness (QED) is 0.740. The maximum atomic E-state index is 11.9. The number of rotatable bonds is 7. The predicted octanol–water partition coefficient (Wildman–Crippen LogP) is 1.65. The highest BCUT2D eigenvalue weighted by atomic mass is 16.5. The number of nitrogens with zero attached hydrogens (tertiary/aromatic N) is 1. The number of ether oxygens (including phenoxy) is 1. The van der Waals surface area contributed by atoms with Crippen LogP contribution in [0.15, 0.2) is 0 Å². The number of nitrogens with one attached hydrogen (secondary N) is 1. The van der Waals surface area contributed by atoms with Crippen LogP contribution in [-0.4, -0.2) is 49.2 Å². The largest absolute Gasteiger partial charge is 0.379 e. The van der Waals surface area contributed by atoms with Crippen LogP contribution >= 0.6 is 0 Å². The highest BCUT2D eigenvalue weighted by molar-refractivity contribution is 5.81. The van der Waals surface area contributed by atoms with Crippen molar-refractivity contribution < 1.29 is 9.53 Å². The molecule has 2 unspecified atom stereocenters. The van der Waals surface area contributed by atoms with Crippen molar-refractivity contribution in [3.8, 4) is 0 Å². The molecule has 1 N–H and O–H groups in total. The lowest BCUT2D eigenvalue weighted by Crippen LogP contribution is -2.48. The van der Waals surface area contributed by atoms with E-state index in [0.717, 1.165) is 13.0 Å². The van der Waals surface area contributed by atoms with Gasteiger partial charge in [0, 0.05) is 26.7 Å². The Bertz CT molecular complexity index is 242. The molecule has 0 fully saturated rings. The van der Waals surface area contributed by atoms with Crippen LogP contribution in [0.2, 0.25) is 0 Å². The van der Waals surface area contributed by atoms with Gasteiger partial charge in [0.1, 0.15) is 0 Å². The summed E-state index contributed by atoms with van der Waals surface area (Å²) in [6, 6.07) is 0.0942. The monoisotopic (exact) mass is 244 g/mol. The second-order valence-electron chi connectivity index (χ2n) is 5.31. The van der Waals surface area contributed by atoms with E-state index in [-0.39, 0.29) is 23.6 Å². The van der Waals surface area contributed by atoms with Gasteiger partial charge in [-0.1, -0.05) is 0 Å². The van der Waals surface area contributed by atoms with E-state index >= 15 is 0 Å². The van der Waals surface area contributed by atoms with E-state index < -0.39 is 0 Å². The molecule has 1 amide bonds. The van der Waals surface area contributed by atoms with Crippen molar-refractivity contribution in [3.63, 3.8) is 0 Å². The molecule has 0 aromatic rings. The van der Waals surface area contributed by atoms with E-state index in [9.17, 15) is 4.79 Å². The maximum absolute atomic E-state index is 11.9. The molecule has 0 aromatic heterocycles. The van der Waals surface area contributed by atoms with Gasteiger partial charge in [-0.05, 0) is 41.0 Å². The fourth-order valence-corrected chi connectivity index (χ4v) is 1.86. The third-order valence-electron chi connectivity index (χ3n) is 3.11. The molecule has 0 aromatic carbocycles. The fraction of sp³-hybridized carbons (Fsp3) is 0.923. The summed E-state index contributed by atoms with van der Waals surface area (Å²) < 4.78 is 5.38. The van der Waals surface area contributed by atoms with Crippen LogP contribution in [0.3, 0.4) is 0 Å². The van der Waals surface area contributed by atoms with E-state index in [1.807, 2.05) is 20.9 Å².